The van der Waals surface area contributed by atoms with E-state index in [1.807, 2.05) is 35.2 Å². The van der Waals surface area contributed by atoms with Crippen LogP contribution in [0.5, 0.6) is 0 Å². The molecule has 0 radical (unpaired) electrons. The van der Waals surface area contributed by atoms with Gasteiger partial charge in [-0.1, -0.05) is 35.9 Å². The van der Waals surface area contributed by atoms with E-state index < -0.39 is 17.6 Å². The van der Waals surface area contributed by atoms with Crippen LogP contribution >= 0.6 is 11.6 Å². The lowest BCUT2D eigenvalue weighted by molar-refractivity contribution is -0.137. The number of hydrogen-bond donors (Lipinski definition) is 0. The third-order valence-corrected chi connectivity index (χ3v) is 5.46. The van der Waals surface area contributed by atoms with Gasteiger partial charge in [0.25, 0.3) is 5.91 Å². The molecule has 160 valence electrons. The summed E-state index contributed by atoms with van der Waals surface area (Å²) >= 11 is 6.20. The van der Waals surface area contributed by atoms with Crippen LogP contribution in [-0.4, -0.2) is 47.2 Å². The predicted octanol–water partition coefficient (Wildman–Crippen LogP) is 4.78. The Morgan fingerprint density at radius 1 is 0.903 bits per heavy atom. The van der Waals surface area contributed by atoms with E-state index in [1.54, 1.807) is 11.0 Å². The highest BCUT2D eigenvalue weighted by molar-refractivity contribution is 6.33. The van der Waals surface area contributed by atoms with E-state index >= 15 is 0 Å². The average molecular weight is 447 g/mol. The zero-order valence-electron chi connectivity index (χ0n) is 16.3. The van der Waals surface area contributed by atoms with Crippen molar-refractivity contribution in [1.29, 1.82) is 0 Å². The summed E-state index contributed by atoms with van der Waals surface area (Å²) in [5, 5.41) is 9.12. The summed E-state index contributed by atoms with van der Waals surface area (Å²) in [6.07, 6.45) is -4.48. The van der Waals surface area contributed by atoms with Crippen molar-refractivity contribution in [1.82, 2.24) is 15.1 Å². The van der Waals surface area contributed by atoms with Gasteiger partial charge in [-0.3, -0.25) is 4.79 Å². The maximum Gasteiger partial charge on any atom is 0.416 e. The molecule has 2 aromatic carbocycles. The van der Waals surface area contributed by atoms with E-state index in [4.69, 9.17) is 11.6 Å². The minimum absolute atomic E-state index is 0.0344. The summed E-state index contributed by atoms with van der Waals surface area (Å²) < 4.78 is 38.8. The molecule has 1 aliphatic rings. The minimum Gasteiger partial charge on any atom is -0.352 e. The Morgan fingerprint density at radius 3 is 2.29 bits per heavy atom. The second-order valence-corrected chi connectivity index (χ2v) is 7.52. The number of piperazine rings is 1. The van der Waals surface area contributed by atoms with E-state index in [0.717, 1.165) is 17.7 Å². The summed E-state index contributed by atoms with van der Waals surface area (Å²) in [6, 6.07) is 15.6. The second-order valence-electron chi connectivity index (χ2n) is 7.11. The normalized spacial score (nSPS) is 14.6. The predicted molar refractivity (Wildman–Crippen MR) is 112 cm³/mol. The molecule has 0 N–H and O–H groups in total. The molecule has 3 aromatic rings. The first kappa shape index (κ1) is 21.1. The Kier molecular flexibility index (Phi) is 5.82. The topological polar surface area (TPSA) is 49.3 Å². The molecule has 1 fully saturated rings. The summed E-state index contributed by atoms with van der Waals surface area (Å²) in [4.78, 5) is 16.2. The molecule has 0 spiro atoms. The van der Waals surface area contributed by atoms with Gasteiger partial charge in [0.2, 0.25) is 0 Å². The fraction of sp³-hybridized carbons (Fsp3) is 0.227. The van der Waals surface area contributed by atoms with Gasteiger partial charge in [0.1, 0.15) is 0 Å². The Morgan fingerprint density at radius 2 is 1.65 bits per heavy atom. The van der Waals surface area contributed by atoms with Crippen LogP contribution < -0.4 is 4.90 Å². The maximum atomic E-state index is 12.9. The van der Waals surface area contributed by atoms with E-state index in [0.29, 0.717) is 42.7 Å². The zero-order valence-corrected chi connectivity index (χ0v) is 17.1. The van der Waals surface area contributed by atoms with Crippen LogP contribution in [0.3, 0.4) is 0 Å². The summed E-state index contributed by atoms with van der Waals surface area (Å²) in [7, 11) is 0. The number of hydrogen-bond acceptors (Lipinski definition) is 4. The van der Waals surface area contributed by atoms with E-state index in [1.165, 1.54) is 12.1 Å². The van der Waals surface area contributed by atoms with Crippen molar-refractivity contribution in [2.75, 3.05) is 31.1 Å². The van der Waals surface area contributed by atoms with Gasteiger partial charge in [0, 0.05) is 37.3 Å². The van der Waals surface area contributed by atoms with Crippen LogP contribution in [0.2, 0.25) is 5.02 Å². The number of amides is 1. The van der Waals surface area contributed by atoms with Gasteiger partial charge in [-0.05, 0) is 36.4 Å². The summed E-state index contributed by atoms with van der Waals surface area (Å²) in [6.45, 7) is 1.77. The van der Waals surface area contributed by atoms with Gasteiger partial charge < -0.3 is 9.80 Å². The number of anilines is 1. The van der Waals surface area contributed by atoms with Crippen molar-refractivity contribution < 1.29 is 18.0 Å². The van der Waals surface area contributed by atoms with Crippen LogP contribution in [0.4, 0.5) is 19.0 Å². The lowest BCUT2D eigenvalue weighted by Crippen LogP contribution is -2.49. The van der Waals surface area contributed by atoms with Crippen LogP contribution in [0.1, 0.15) is 15.9 Å². The fourth-order valence-corrected chi connectivity index (χ4v) is 3.69. The molecular formula is C22H18ClF3N4O. The van der Waals surface area contributed by atoms with Crippen LogP contribution in [-0.2, 0) is 6.18 Å². The minimum atomic E-state index is -4.48. The van der Waals surface area contributed by atoms with Gasteiger partial charge >= 0.3 is 6.18 Å². The number of rotatable bonds is 3. The largest absolute Gasteiger partial charge is 0.416 e. The van der Waals surface area contributed by atoms with Crippen molar-refractivity contribution >= 4 is 23.3 Å². The van der Waals surface area contributed by atoms with Crippen LogP contribution in [0.15, 0.2) is 60.7 Å². The third kappa shape index (κ3) is 4.64. The fourth-order valence-electron chi connectivity index (χ4n) is 3.46. The highest BCUT2D eigenvalue weighted by Crippen LogP contribution is 2.30. The lowest BCUT2D eigenvalue weighted by atomic mass is 10.1. The summed E-state index contributed by atoms with van der Waals surface area (Å²) in [5.41, 5.74) is 0.658. The van der Waals surface area contributed by atoms with Gasteiger partial charge in [-0.15, -0.1) is 10.2 Å². The van der Waals surface area contributed by atoms with E-state index in [2.05, 4.69) is 10.2 Å². The van der Waals surface area contributed by atoms with Gasteiger partial charge in [-0.2, -0.15) is 13.2 Å². The molecule has 5 nitrogen and oxygen atoms in total. The van der Waals surface area contributed by atoms with Gasteiger partial charge in [0.05, 0.1) is 16.3 Å². The molecule has 9 heteroatoms. The van der Waals surface area contributed by atoms with Crippen molar-refractivity contribution in [2.45, 2.75) is 6.18 Å². The average Bonchev–Trinajstić information content (AvgIpc) is 2.79. The number of carbonyl (C=O) groups is 1. The SMILES string of the molecule is O=C(c1cccc(C(F)(F)F)c1)N1CCN(c2ccc(-c3ccccc3Cl)nn2)CC1. The number of nitrogens with zero attached hydrogens (tertiary/aromatic N) is 4. The number of alkyl halides is 3. The first-order valence-corrected chi connectivity index (χ1v) is 10.0. The molecule has 1 aliphatic heterocycles. The zero-order chi connectivity index (χ0) is 22.0. The second kappa shape index (κ2) is 8.55. The molecular weight excluding hydrogens is 429 g/mol. The van der Waals surface area contributed by atoms with Crippen LogP contribution in [0.25, 0.3) is 11.3 Å². The number of benzene rings is 2. The van der Waals surface area contributed by atoms with E-state index in [-0.39, 0.29) is 5.56 Å². The standard InChI is InChI=1S/C22H18ClF3N4O/c23-18-7-2-1-6-17(18)19-8-9-20(28-27-19)29-10-12-30(13-11-29)21(31)15-4-3-5-16(14-15)22(24,25)26/h1-9,14H,10-13H2. The monoisotopic (exact) mass is 446 g/mol. The smallest absolute Gasteiger partial charge is 0.352 e. The van der Waals surface area contributed by atoms with Crippen molar-refractivity contribution in [2.24, 2.45) is 0 Å². The Bertz CT molecular complexity index is 1080. The van der Waals surface area contributed by atoms with Crippen molar-refractivity contribution in [3.8, 4) is 11.3 Å². The first-order chi connectivity index (χ1) is 14.8. The molecule has 31 heavy (non-hydrogen) atoms. The van der Waals surface area contributed by atoms with Crippen molar-refractivity contribution in [3.05, 3.63) is 76.8 Å². The molecule has 0 atom stereocenters. The Labute approximate surface area is 182 Å². The highest BCUT2D eigenvalue weighted by atomic mass is 35.5. The molecule has 1 saturated heterocycles. The molecule has 0 aliphatic carbocycles. The first-order valence-electron chi connectivity index (χ1n) is 9.63. The van der Waals surface area contributed by atoms with Crippen molar-refractivity contribution in [3.63, 3.8) is 0 Å². The van der Waals surface area contributed by atoms with Gasteiger partial charge in [-0.25, -0.2) is 0 Å². The molecule has 0 bridgehead atoms. The number of halogens is 4. The molecule has 1 amide bonds. The lowest BCUT2D eigenvalue weighted by Gasteiger charge is -2.35. The Hall–Kier alpha value is -3.13. The quantitative estimate of drug-likeness (QED) is 0.581. The maximum absolute atomic E-state index is 12.9. The molecule has 0 saturated carbocycles. The summed E-state index contributed by atoms with van der Waals surface area (Å²) in [5.74, 6) is 0.257. The molecule has 4 rings (SSSR count). The molecule has 0 unspecified atom stereocenters. The van der Waals surface area contributed by atoms with E-state index in [9.17, 15) is 18.0 Å². The third-order valence-electron chi connectivity index (χ3n) is 5.13. The van der Waals surface area contributed by atoms with Crippen LogP contribution in [0, 0.1) is 0 Å². The van der Waals surface area contributed by atoms with Gasteiger partial charge in [0.15, 0.2) is 5.82 Å². The Balaban J connectivity index is 1.41. The number of aromatic nitrogens is 2. The number of carbonyl (C=O) groups excluding carboxylic acids is 1. The molecule has 2 heterocycles. The molecule has 1 aromatic heterocycles. The highest BCUT2D eigenvalue weighted by Gasteiger charge is 2.31.